The Hall–Kier alpha value is -2.89. The molecule has 1 unspecified atom stereocenters. The number of ether oxygens (including phenoxy) is 1. The number of aliphatic hydroxyl groups excluding tert-OH is 1. The van der Waals surface area contributed by atoms with Gasteiger partial charge in [0.2, 0.25) is 5.95 Å². The average Bonchev–Trinajstić information content (AvgIpc) is 2.75. The highest BCUT2D eigenvalue weighted by Gasteiger charge is 2.15. The van der Waals surface area contributed by atoms with Crippen LogP contribution in [0, 0.1) is 17.8 Å². The van der Waals surface area contributed by atoms with Gasteiger partial charge in [-0.05, 0) is 24.5 Å². The zero-order chi connectivity index (χ0) is 22.1. The number of carbonyl (C=O) groups excluding carboxylic acids is 1. The monoisotopic (exact) mass is 431 g/mol. The lowest BCUT2D eigenvalue weighted by Crippen LogP contribution is -2.17. The first-order valence-electron chi connectivity index (χ1n) is 9.56. The van der Waals surface area contributed by atoms with E-state index in [9.17, 15) is 9.90 Å². The van der Waals surface area contributed by atoms with Gasteiger partial charge in [-0.1, -0.05) is 36.8 Å². The Morgan fingerprint density at radius 2 is 2.13 bits per heavy atom. The molecule has 0 aromatic carbocycles. The molecule has 0 radical (unpaired) electrons. The second kappa shape index (κ2) is 11.3. The molecule has 0 saturated heterocycles. The Morgan fingerprint density at radius 1 is 1.37 bits per heavy atom. The van der Waals surface area contributed by atoms with Crippen LogP contribution in [0.2, 0.25) is 5.15 Å². The predicted octanol–water partition coefficient (Wildman–Crippen LogP) is 2.60. The fourth-order valence-corrected chi connectivity index (χ4v) is 2.79. The van der Waals surface area contributed by atoms with Crippen LogP contribution in [0.15, 0.2) is 18.3 Å². The van der Waals surface area contributed by atoms with E-state index in [1.807, 2.05) is 21.0 Å². The number of hydrogen-bond donors (Lipinski definition) is 2. The lowest BCUT2D eigenvalue weighted by molar-refractivity contribution is 0.0593. The van der Waals surface area contributed by atoms with Crippen LogP contribution in [0.5, 0.6) is 0 Å². The van der Waals surface area contributed by atoms with Crippen LogP contribution in [0.1, 0.15) is 41.4 Å². The summed E-state index contributed by atoms with van der Waals surface area (Å²) in [5.41, 5.74) is 0.950. The molecule has 0 aliphatic rings. The van der Waals surface area contributed by atoms with Crippen LogP contribution in [0.25, 0.3) is 0 Å². The van der Waals surface area contributed by atoms with Crippen molar-refractivity contribution in [3.05, 3.63) is 40.3 Å². The molecular weight excluding hydrogens is 406 g/mol. The first kappa shape index (κ1) is 23.4. The van der Waals surface area contributed by atoms with Gasteiger partial charge in [0.05, 0.1) is 12.7 Å². The minimum absolute atomic E-state index is 0.123. The maximum atomic E-state index is 11.9. The van der Waals surface area contributed by atoms with Gasteiger partial charge in [0, 0.05) is 33.4 Å². The van der Waals surface area contributed by atoms with Crippen molar-refractivity contribution in [2.45, 2.75) is 19.8 Å². The van der Waals surface area contributed by atoms with E-state index in [-0.39, 0.29) is 23.4 Å². The molecule has 2 N–H and O–H groups in total. The van der Waals surface area contributed by atoms with Gasteiger partial charge in [-0.15, -0.1) is 0 Å². The fraction of sp³-hybridized carbons (Fsp3) is 0.429. The van der Waals surface area contributed by atoms with Gasteiger partial charge >= 0.3 is 5.97 Å². The number of nitrogens with one attached hydrogen (secondary N) is 1. The number of aliphatic hydroxyl groups is 1. The summed E-state index contributed by atoms with van der Waals surface area (Å²) in [4.78, 5) is 26.5. The maximum Gasteiger partial charge on any atom is 0.357 e. The van der Waals surface area contributed by atoms with Crippen molar-refractivity contribution in [2.75, 3.05) is 44.6 Å². The van der Waals surface area contributed by atoms with Gasteiger partial charge in [0.1, 0.15) is 11.4 Å². The molecule has 0 amide bonds. The summed E-state index contributed by atoms with van der Waals surface area (Å²) in [7, 11) is 4.92. The first-order valence-corrected chi connectivity index (χ1v) is 9.93. The Kier molecular flexibility index (Phi) is 8.84. The van der Waals surface area contributed by atoms with Gasteiger partial charge in [-0.25, -0.2) is 9.78 Å². The molecule has 9 heteroatoms. The third kappa shape index (κ3) is 6.05. The first-order chi connectivity index (χ1) is 14.4. The van der Waals surface area contributed by atoms with Crippen molar-refractivity contribution in [1.29, 1.82) is 0 Å². The number of halogens is 1. The van der Waals surface area contributed by atoms with Crippen molar-refractivity contribution in [3.63, 3.8) is 0 Å². The minimum atomic E-state index is -0.571. The van der Waals surface area contributed by atoms with Gasteiger partial charge < -0.3 is 20.1 Å². The number of esters is 1. The summed E-state index contributed by atoms with van der Waals surface area (Å²) in [6, 6.07) is 3.36. The lowest BCUT2D eigenvalue weighted by Gasteiger charge is -2.16. The number of aromatic nitrogens is 3. The van der Waals surface area contributed by atoms with Gasteiger partial charge in [-0.3, -0.25) is 0 Å². The Bertz CT molecular complexity index is 936. The summed E-state index contributed by atoms with van der Waals surface area (Å²) in [5.74, 6) is 6.45. The molecule has 2 aromatic rings. The standard InChI is InChI=1S/C21H26ClN5O3/c1-5-14(13-28)10-12-24-19-16(18(22)25-21(26-19)27(2)3)9-8-15-7-6-11-23-17(15)20(29)30-4/h6-7,11,14,28H,5,10,12-13H2,1-4H3,(H,24,25,26). The Morgan fingerprint density at radius 3 is 2.77 bits per heavy atom. The van der Waals surface area contributed by atoms with E-state index in [1.165, 1.54) is 13.3 Å². The molecule has 30 heavy (non-hydrogen) atoms. The summed E-state index contributed by atoms with van der Waals surface area (Å²) in [6.45, 7) is 2.76. The van der Waals surface area contributed by atoms with Crippen LogP contribution < -0.4 is 10.2 Å². The quantitative estimate of drug-likeness (QED) is 0.373. The van der Waals surface area contributed by atoms with E-state index in [2.05, 4.69) is 32.1 Å². The zero-order valence-electron chi connectivity index (χ0n) is 17.6. The molecule has 1 atom stereocenters. The SMILES string of the molecule is CCC(CO)CCNc1nc(N(C)C)nc(Cl)c1C#Cc1cccnc1C(=O)OC. The van der Waals surface area contributed by atoms with Crippen molar-refractivity contribution in [1.82, 2.24) is 15.0 Å². The van der Waals surface area contributed by atoms with Gasteiger partial charge in [0.25, 0.3) is 0 Å². The summed E-state index contributed by atoms with van der Waals surface area (Å²) in [6.07, 6.45) is 3.15. The van der Waals surface area contributed by atoms with Crippen molar-refractivity contribution in [3.8, 4) is 11.8 Å². The molecule has 2 aromatic heterocycles. The zero-order valence-corrected chi connectivity index (χ0v) is 18.3. The predicted molar refractivity (Wildman–Crippen MR) is 117 cm³/mol. The third-order valence-electron chi connectivity index (χ3n) is 4.44. The van der Waals surface area contributed by atoms with E-state index in [0.717, 1.165) is 12.8 Å². The lowest BCUT2D eigenvalue weighted by atomic mass is 10.0. The number of carbonyl (C=O) groups is 1. The highest BCUT2D eigenvalue weighted by Crippen LogP contribution is 2.24. The van der Waals surface area contributed by atoms with Gasteiger partial charge in [0.15, 0.2) is 10.8 Å². The molecule has 2 heterocycles. The minimum Gasteiger partial charge on any atom is -0.464 e. The van der Waals surface area contributed by atoms with E-state index in [0.29, 0.717) is 29.4 Å². The molecular formula is C21H26ClN5O3. The molecule has 2 rings (SSSR count). The van der Waals surface area contributed by atoms with E-state index in [4.69, 9.17) is 16.3 Å². The highest BCUT2D eigenvalue weighted by molar-refractivity contribution is 6.31. The number of rotatable bonds is 8. The molecule has 0 saturated carbocycles. The number of pyridine rings is 1. The largest absolute Gasteiger partial charge is 0.464 e. The summed E-state index contributed by atoms with van der Waals surface area (Å²) < 4.78 is 4.76. The Labute approximate surface area is 181 Å². The second-order valence-corrected chi connectivity index (χ2v) is 7.10. The molecule has 8 nitrogen and oxygen atoms in total. The average molecular weight is 432 g/mol. The Balaban J connectivity index is 2.41. The molecule has 160 valence electrons. The molecule has 0 aliphatic carbocycles. The number of hydrogen-bond acceptors (Lipinski definition) is 8. The van der Waals surface area contributed by atoms with Crippen LogP contribution in [0.3, 0.4) is 0 Å². The fourth-order valence-electron chi connectivity index (χ4n) is 2.58. The number of nitrogens with zero attached hydrogens (tertiary/aromatic N) is 4. The molecule has 0 bridgehead atoms. The second-order valence-electron chi connectivity index (χ2n) is 6.75. The van der Waals surface area contributed by atoms with E-state index in [1.54, 1.807) is 17.0 Å². The smallest absolute Gasteiger partial charge is 0.357 e. The topological polar surface area (TPSA) is 100 Å². The van der Waals surface area contributed by atoms with Crippen LogP contribution in [-0.4, -0.2) is 60.4 Å². The van der Waals surface area contributed by atoms with Crippen molar-refractivity contribution < 1.29 is 14.6 Å². The van der Waals surface area contributed by atoms with Gasteiger partial charge in [-0.2, -0.15) is 9.97 Å². The van der Waals surface area contributed by atoms with Crippen molar-refractivity contribution in [2.24, 2.45) is 5.92 Å². The maximum absolute atomic E-state index is 11.9. The normalized spacial score (nSPS) is 11.3. The summed E-state index contributed by atoms with van der Waals surface area (Å²) in [5, 5.41) is 12.8. The highest BCUT2D eigenvalue weighted by atomic mass is 35.5. The third-order valence-corrected chi connectivity index (χ3v) is 4.72. The van der Waals surface area contributed by atoms with Crippen molar-refractivity contribution >= 4 is 29.3 Å². The number of methoxy groups -OCH3 is 1. The van der Waals surface area contributed by atoms with E-state index >= 15 is 0 Å². The molecule has 0 aliphatic heterocycles. The molecule has 0 fully saturated rings. The number of anilines is 2. The molecule has 0 spiro atoms. The van der Waals surface area contributed by atoms with Crippen LogP contribution >= 0.6 is 11.6 Å². The van der Waals surface area contributed by atoms with E-state index < -0.39 is 5.97 Å². The van der Waals surface area contributed by atoms with Crippen LogP contribution in [-0.2, 0) is 4.74 Å². The van der Waals surface area contributed by atoms with Crippen LogP contribution in [0.4, 0.5) is 11.8 Å². The summed E-state index contributed by atoms with van der Waals surface area (Å²) >= 11 is 6.40.